The molecule has 3 heterocycles. The van der Waals surface area contributed by atoms with Crippen LogP contribution in [0.25, 0.3) is 0 Å². The number of aryl methyl sites for hydroxylation is 1. The van der Waals surface area contributed by atoms with Crippen LogP contribution in [0.4, 0.5) is 11.8 Å². The van der Waals surface area contributed by atoms with E-state index in [9.17, 15) is 4.79 Å². The van der Waals surface area contributed by atoms with Crippen molar-refractivity contribution in [2.45, 2.75) is 46.6 Å². The Bertz CT molecular complexity index is 637. The van der Waals surface area contributed by atoms with Crippen molar-refractivity contribution in [2.24, 2.45) is 5.41 Å². The molecule has 0 spiro atoms. The number of nitrogens with zero attached hydrogens (tertiary/aromatic N) is 4. The van der Waals surface area contributed by atoms with Gasteiger partial charge in [-0.05, 0) is 11.8 Å². The maximum absolute atomic E-state index is 12.3. The summed E-state index contributed by atoms with van der Waals surface area (Å²) in [7, 11) is 0. The fraction of sp³-hybridized carbons (Fsp3) is 0.737. The first-order valence-electron chi connectivity index (χ1n) is 9.59. The van der Waals surface area contributed by atoms with Crippen LogP contribution in [0.3, 0.4) is 0 Å². The zero-order valence-electron chi connectivity index (χ0n) is 16.4. The first kappa shape index (κ1) is 18.9. The molecule has 2 aliphatic rings. The summed E-state index contributed by atoms with van der Waals surface area (Å²) in [4.78, 5) is 25.8. The second-order valence-corrected chi connectivity index (χ2v) is 8.38. The summed E-state index contributed by atoms with van der Waals surface area (Å²) in [6, 6.07) is 2.10. The molecule has 0 saturated carbocycles. The number of likely N-dealkylation sites (tertiary alicyclic amines) is 1. The van der Waals surface area contributed by atoms with Crippen molar-refractivity contribution >= 4 is 17.7 Å². The average Bonchev–Trinajstić information content (AvgIpc) is 2.92. The molecular weight excluding hydrogens is 330 g/mol. The van der Waals surface area contributed by atoms with Crippen LogP contribution in [0, 0.1) is 5.41 Å². The second kappa shape index (κ2) is 7.78. The summed E-state index contributed by atoms with van der Waals surface area (Å²) >= 11 is 0. The van der Waals surface area contributed by atoms with Gasteiger partial charge < -0.3 is 19.9 Å². The number of ether oxygens (including phenoxy) is 1. The van der Waals surface area contributed by atoms with E-state index in [4.69, 9.17) is 9.72 Å². The van der Waals surface area contributed by atoms with Crippen LogP contribution >= 0.6 is 0 Å². The van der Waals surface area contributed by atoms with Gasteiger partial charge >= 0.3 is 0 Å². The maximum atomic E-state index is 12.3. The molecule has 26 heavy (non-hydrogen) atoms. The Morgan fingerprint density at radius 3 is 2.65 bits per heavy atom. The highest BCUT2D eigenvalue weighted by Crippen LogP contribution is 2.23. The molecule has 0 aliphatic carbocycles. The number of amides is 1. The molecular formula is C19H31N5O2. The fourth-order valence-electron chi connectivity index (χ4n) is 3.45. The molecule has 0 aromatic carbocycles. The molecule has 3 rings (SSSR count). The third-order valence-electron chi connectivity index (χ3n) is 4.66. The molecule has 0 bridgehead atoms. The van der Waals surface area contributed by atoms with Gasteiger partial charge in [-0.1, -0.05) is 27.7 Å². The lowest BCUT2D eigenvalue weighted by molar-refractivity contribution is -0.128. The SMILES string of the molecule is CCc1cc(N[C@H]2CC(=O)N(CC(C)(C)C)C2)nc(N2CCOCC2)n1. The fourth-order valence-corrected chi connectivity index (χ4v) is 3.45. The Hall–Kier alpha value is -1.89. The standard InChI is InChI=1S/C19H31N5O2/c1-5-14-10-16(22-18(21-14)23-6-8-26-9-7-23)20-15-11-17(25)24(12-15)13-19(2,3)4/h10,15H,5-9,11-13H2,1-4H3,(H,20,21,22)/t15-/m0/s1. The van der Waals surface area contributed by atoms with Gasteiger partial charge in [-0.2, -0.15) is 4.98 Å². The highest BCUT2D eigenvalue weighted by Gasteiger charge is 2.32. The Balaban J connectivity index is 1.70. The van der Waals surface area contributed by atoms with Gasteiger partial charge in [0.25, 0.3) is 0 Å². The van der Waals surface area contributed by atoms with E-state index in [2.05, 4.69) is 42.9 Å². The minimum absolute atomic E-state index is 0.0991. The smallest absolute Gasteiger partial charge is 0.227 e. The van der Waals surface area contributed by atoms with Crippen molar-refractivity contribution in [1.82, 2.24) is 14.9 Å². The summed E-state index contributed by atoms with van der Waals surface area (Å²) in [6.07, 6.45) is 1.38. The molecule has 1 amide bonds. The molecule has 0 radical (unpaired) electrons. The molecule has 1 atom stereocenters. The van der Waals surface area contributed by atoms with Gasteiger partial charge in [0.2, 0.25) is 11.9 Å². The predicted octanol–water partition coefficient (Wildman–Crippen LogP) is 1.93. The summed E-state index contributed by atoms with van der Waals surface area (Å²) < 4.78 is 5.42. The third kappa shape index (κ3) is 4.84. The first-order valence-corrected chi connectivity index (χ1v) is 9.59. The van der Waals surface area contributed by atoms with Gasteiger partial charge in [0.1, 0.15) is 5.82 Å². The Kier molecular flexibility index (Phi) is 5.65. The highest BCUT2D eigenvalue weighted by atomic mass is 16.5. The highest BCUT2D eigenvalue weighted by molar-refractivity contribution is 5.80. The second-order valence-electron chi connectivity index (χ2n) is 8.38. The Labute approximate surface area is 156 Å². The zero-order chi connectivity index (χ0) is 18.7. The van der Waals surface area contributed by atoms with Crippen molar-refractivity contribution in [3.8, 4) is 0 Å². The van der Waals surface area contributed by atoms with Gasteiger partial charge in [0.15, 0.2) is 0 Å². The molecule has 0 unspecified atom stereocenters. The topological polar surface area (TPSA) is 70.6 Å². The number of hydrogen-bond donors (Lipinski definition) is 1. The van der Waals surface area contributed by atoms with Crippen LogP contribution in [0.1, 0.15) is 39.8 Å². The van der Waals surface area contributed by atoms with Crippen molar-refractivity contribution in [2.75, 3.05) is 49.6 Å². The minimum atomic E-state index is 0.0991. The van der Waals surface area contributed by atoms with Gasteiger partial charge in [0.05, 0.1) is 19.3 Å². The van der Waals surface area contributed by atoms with E-state index in [0.717, 1.165) is 50.1 Å². The Morgan fingerprint density at radius 2 is 2.00 bits per heavy atom. The van der Waals surface area contributed by atoms with Crippen LogP contribution in [0.5, 0.6) is 0 Å². The van der Waals surface area contributed by atoms with Crippen LogP contribution in [-0.4, -0.2) is 66.2 Å². The summed E-state index contributed by atoms with van der Waals surface area (Å²) in [5.41, 5.74) is 1.12. The predicted molar refractivity (Wildman–Crippen MR) is 103 cm³/mol. The number of nitrogens with one attached hydrogen (secondary N) is 1. The van der Waals surface area contributed by atoms with E-state index in [1.807, 2.05) is 11.0 Å². The number of carbonyl (C=O) groups excluding carboxylic acids is 1. The normalized spacial score (nSPS) is 21.4. The van der Waals surface area contributed by atoms with Gasteiger partial charge in [0, 0.05) is 44.4 Å². The lowest BCUT2D eigenvalue weighted by atomic mass is 9.96. The van der Waals surface area contributed by atoms with E-state index in [0.29, 0.717) is 19.6 Å². The van der Waals surface area contributed by atoms with Gasteiger partial charge in [-0.15, -0.1) is 0 Å². The lowest BCUT2D eigenvalue weighted by Gasteiger charge is -2.28. The van der Waals surface area contributed by atoms with Crippen molar-refractivity contribution in [3.63, 3.8) is 0 Å². The van der Waals surface area contributed by atoms with Crippen LogP contribution in [0.15, 0.2) is 6.07 Å². The van der Waals surface area contributed by atoms with Crippen LogP contribution in [-0.2, 0) is 16.0 Å². The number of hydrogen-bond acceptors (Lipinski definition) is 6. The van der Waals surface area contributed by atoms with Crippen molar-refractivity contribution in [3.05, 3.63) is 11.8 Å². The van der Waals surface area contributed by atoms with Crippen molar-refractivity contribution < 1.29 is 9.53 Å². The molecule has 1 aromatic heterocycles. The van der Waals surface area contributed by atoms with Crippen LogP contribution in [0.2, 0.25) is 0 Å². The summed E-state index contributed by atoms with van der Waals surface area (Å²) in [5, 5.41) is 3.47. The molecule has 2 fully saturated rings. The molecule has 7 nitrogen and oxygen atoms in total. The van der Waals surface area contributed by atoms with Crippen LogP contribution < -0.4 is 10.2 Å². The maximum Gasteiger partial charge on any atom is 0.227 e. The largest absolute Gasteiger partial charge is 0.378 e. The van der Waals surface area contributed by atoms with Gasteiger partial charge in [-0.25, -0.2) is 4.98 Å². The molecule has 1 aromatic rings. The van der Waals surface area contributed by atoms with E-state index < -0.39 is 0 Å². The quantitative estimate of drug-likeness (QED) is 0.864. The van der Waals surface area contributed by atoms with E-state index in [-0.39, 0.29) is 17.4 Å². The minimum Gasteiger partial charge on any atom is -0.378 e. The first-order chi connectivity index (χ1) is 12.3. The van der Waals surface area contributed by atoms with E-state index >= 15 is 0 Å². The zero-order valence-corrected chi connectivity index (χ0v) is 16.4. The number of carbonyl (C=O) groups is 1. The number of anilines is 2. The number of rotatable bonds is 5. The molecule has 2 saturated heterocycles. The summed E-state index contributed by atoms with van der Waals surface area (Å²) in [5.74, 6) is 1.79. The number of aromatic nitrogens is 2. The van der Waals surface area contributed by atoms with Crippen molar-refractivity contribution in [1.29, 1.82) is 0 Å². The number of morpholine rings is 1. The molecule has 144 valence electrons. The lowest BCUT2D eigenvalue weighted by Crippen LogP contribution is -2.37. The summed E-state index contributed by atoms with van der Waals surface area (Å²) in [6.45, 7) is 13.1. The Morgan fingerprint density at radius 1 is 1.27 bits per heavy atom. The average molecular weight is 361 g/mol. The van der Waals surface area contributed by atoms with E-state index in [1.165, 1.54) is 0 Å². The van der Waals surface area contributed by atoms with Gasteiger partial charge in [-0.3, -0.25) is 4.79 Å². The third-order valence-corrected chi connectivity index (χ3v) is 4.66. The molecule has 7 heteroatoms. The van der Waals surface area contributed by atoms with E-state index in [1.54, 1.807) is 0 Å². The molecule has 1 N–H and O–H groups in total. The monoisotopic (exact) mass is 361 g/mol. The molecule has 2 aliphatic heterocycles.